The fourth-order valence-corrected chi connectivity index (χ4v) is 5.92. The van der Waals surface area contributed by atoms with Gasteiger partial charge in [0.1, 0.15) is 30.0 Å². The Morgan fingerprint density at radius 1 is 1.00 bits per heavy atom. The molecule has 2 aromatic carbocycles. The number of nitrogen functional groups attached to an aromatic ring is 1. The number of hydrogen-bond acceptors (Lipinski definition) is 8. The molecule has 214 valence electrons. The average molecular weight is 558 g/mol. The molecule has 4 heterocycles. The zero-order valence-corrected chi connectivity index (χ0v) is 23.2. The fourth-order valence-electron chi connectivity index (χ4n) is 5.92. The second kappa shape index (κ2) is 11.6. The quantitative estimate of drug-likeness (QED) is 0.472. The van der Waals surface area contributed by atoms with Crippen molar-refractivity contribution in [3.8, 4) is 11.5 Å². The molecule has 2 saturated heterocycles. The zero-order chi connectivity index (χ0) is 28.3. The molecule has 41 heavy (non-hydrogen) atoms. The predicted molar refractivity (Wildman–Crippen MR) is 156 cm³/mol. The monoisotopic (exact) mass is 557 g/mol. The van der Waals surface area contributed by atoms with Gasteiger partial charge in [0.25, 0.3) is 5.91 Å². The Balaban J connectivity index is 1.06. The number of ether oxygens (including phenoxy) is 3. The zero-order valence-electron chi connectivity index (χ0n) is 23.2. The summed E-state index contributed by atoms with van der Waals surface area (Å²) in [5.41, 5.74) is 8.82. The van der Waals surface area contributed by atoms with Gasteiger partial charge in [-0.1, -0.05) is 18.2 Å². The SMILES string of the molecule is COc1cc(OC2CCN(c3ccc(N)cn3)CC2)ccc1C(=O)N1CCC(N2C(=O)OCc3ccccc32)CC1. The number of piperidine rings is 2. The van der Waals surface area contributed by atoms with Gasteiger partial charge >= 0.3 is 6.09 Å². The molecule has 6 rings (SSSR count). The highest BCUT2D eigenvalue weighted by Gasteiger charge is 2.35. The highest BCUT2D eigenvalue weighted by atomic mass is 16.6. The van der Waals surface area contributed by atoms with Crippen LogP contribution in [-0.4, -0.2) is 67.3 Å². The molecular weight excluding hydrogens is 522 g/mol. The van der Waals surface area contributed by atoms with Crippen LogP contribution in [0.2, 0.25) is 0 Å². The molecule has 0 atom stereocenters. The molecule has 2 N–H and O–H groups in total. The number of aromatic nitrogens is 1. The van der Waals surface area contributed by atoms with Crippen molar-refractivity contribution in [3.05, 3.63) is 71.9 Å². The number of benzene rings is 2. The van der Waals surface area contributed by atoms with Crippen molar-refractivity contribution in [1.29, 1.82) is 0 Å². The van der Waals surface area contributed by atoms with Gasteiger partial charge in [0, 0.05) is 56.7 Å². The molecule has 0 bridgehead atoms. The first-order valence-electron chi connectivity index (χ1n) is 14.1. The van der Waals surface area contributed by atoms with Crippen LogP contribution in [0.5, 0.6) is 11.5 Å². The molecule has 10 heteroatoms. The van der Waals surface area contributed by atoms with Gasteiger partial charge in [0.2, 0.25) is 0 Å². The molecule has 2 fully saturated rings. The maximum atomic E-state index is 13.5. The number of pyridine rings is 1. The van der Waals surface area contributed by atoms with Gasteiger partial charge in [0.05, 0.1) is 30.2 Å². The second-order valence-electron chi connectivity index (χ2n) is 10.7. The van der Waals surface area contributed by atoms with Crippen LogP contribution in [0.3, 0.4) is 0 Å². The third kappa shape index (κ3) is 5.59. The highest BCUT2D eigenvalue weighted by Crippen LogP contribution is 2.33. The van der Waals surface area contributed by atoms with E-state index in [1.165, 1.54) is 0 Å². The molecule has 0 aliphatic carbocycles. The first-order chi connectivity index (χ1) is 20.0. The van der Waals surface area contributed by atoms with Crippen LogP contribution in [0.15, 0.2) is 60.8 Å². The van der Waals surface area contributed by atoms with Crippen LogP contribution in [0.1, 0.15) is 41.6 Å². The van der Waals surface area contributed by atoms with E-state index in [1.807, 2.05) is 47.4 Å². The van der Waals surface area contributed by atoms with E-state index in [0.717, 1.165) is 43.0 Å². The van der Waals surface area contributed by atoms with E-state index in [0.29, 0.717) is 55.3 Å². The lowest BCUT2D eigenvalue weighted by molar-refractivity contribution is 0.0705. The van der Waals surface area contributed by atoms with E-state index in [9.17, 15) is 9.59 Å². The number of hydrogen-bond donors (Lipinski definition) is 1. The molecule has 2 amide bonds. The second-order valence-corrected chi connectivity index (χ2v) is 10.7. The third-order valence-corrected chi connectivity index (χ3v) is 8.16. The lowest BCUT2D eigenvalue weighted by Crippen LogP contribution is -2.50. The lowest BCUT2D eigenvalue weighted by atomic mass is 10.00. The van der Waals surface area contributed by atoms with Crippen molar-refractivity contribution in [2.45, 2.75) is 44.4 Å². The minimum atomic E-state index is -0.321. The summed E-state index contributed by atoms with van der Waals surface area (Å²) >= 11 is 0. The molecule has 3 aliphatic heterocycles. The van der Waals surface area contributed by atoms with Crippen LogP contribution in [0, 0.1) is 0 Å². The Morgan fingerprint density at radius 2 is 1.78 bits per heavy atom. The number of carbonyl (C=O) groups excluding carboxylic acids is 2. The normalized spacial score (nSPS) is 18.1. The number of carbonyl (C=O) groups is 2. The standard InChI is InChI=1S/C31H35N5O5/c1-39-28-18-25(41-24-12-16-34(17-13-24)29-9-6-22(32)19-33-29)7-8-26(28)30(37)35-14-10-23(11-15-35)36-27-5-3-2-4-21(27)20-40-31(36)38/h2-9,18-19,23-24H,10-17,20,32H2,1H3. The summed E-state index contributed by atoms with van der Waals surface area (Å²) in [5, 5.41) is 0. The van der Waals surface area contributed by atoms with Crippen LogP contribution < -0.4 is 25.0 Å². The van der Waals surface area contributed by atoms with E-state index in [1.54, 1.807) is 30.3 Å². The molecule has 10 nitrogen and oxygen atoms in total. The Kier molecular flexibility index (Phi) is 7.54. The smallest absolute Gasteiger partial charge is 0.414 e. The molecule has 1 aromatic heterocycles. The Labute approximate surface area is 239 Å². The number of methoxy groups -OCH3 is 1. The number of anilines is 3. The summed E-state index contributed by atoms with van der Waals surface area (Å²) in [6.45, 7) is 3.05. The molecule has 0 saturated carbocycles. The predicted octanol–water partition coefficient (Wildman–Crippen LogP) is 4.48. The van der Waals surface area contributed by atoms with Gasteiger partial charge in [-0.15, -0.1) is 0 Å². The van der Waals surface area contributed by atoms with Crippen LogP contribution in [0.25, 0.3) is 0 Å². The van der Waals surface area contributed by atoms with Gasteiger partial charge in [-0.3, -0.25) is 9.69 Å². The summed E-state index contributed by atoms with van der Waals surface area (Å²) in [5.74, 6) is 2.01. The number of rotatable bonds is 6. The van der Waals surface area contributed by atoms with Crippen LogP contribution in [0.4, 0.5) is 22.0 Å². The minimum absolute atomic E-state index is 0.0205. The number of amides is 2. The third-order valence-electron chi connectivity index (χ3n) is 8.16. The van der Waals surface area contributed by atoms with Crippen molar-refractivity contribution in [3.63, 3.8) is 0 Å². The van der Waals surface area contributed by atoms with E-state index in [-0.39, 0.29) is 24.1 Å². The van der Waals surface area contributed by atoms with Crippen molar-refractivity contribution >= 4 is 29.2 Å². The van der Waals surface area contributed by atoms with Gasteiger partial charge in [-0.2, -0.15) is 0 Å². The van der Waals surface area contributed by atoms with E-state index in [2.05, 4.69) is 9.88 Å². The number of fused-ring (bicyclic) bond motifs is 1. The largest absolute Gasteiger partial charge is 0.496 e. The maximum absolute atomic E-state index is 13.5. The summed E-state index contributed by atoms with van der Waals surface area (Å²) in [6, 6.07) is 17.0. The summed E-state index contributed by atoms with van der Waals surface area (Å²) in [7, 11) is 1.57. The van der Waals surface area contributed by atoms with Gasteiger partial charge < -0.3 is 29.7 Å². The summed E-state index contributed by atoms with van der Waals surface area (Å²) in [4.78, 5) is 36.4. The van der Waals surface area contributed by atoms with Gasteiger partial charge in [-0.25, -0.2) is 9.78 Å². The first kappa shape index (κ1) is 26.7. The number of para-hydroxylation sites is 1. The van der Waals surface area contributed by atoms with Gasteiger partial charge in [-0.05, 0) is 43.2 Å². The molecule has 0 radical (unpaired) electrons. The molecule has 3 aromatic rings. The molecule has 0 unspecified atom stereocenters. The Morgan fingerprint density at radius 3 is 2.51 bits per heavy atom. The maximum Gasteiger partial charge on any atom is 0.414 e. The highest BCUT2D eigenvalue weighted by molar-refractivity contribution is 5.97. The number of nitrogens with two attached hydrogens (primary N) is 1. The first-order valence-corrected chi connectivity index (χ1v) is 14.1. The Hall–Kier alpha value is -4.47. The van der Waals surface area contributed by atoms with E-state index < -0.39 is 0 Å². The molecule has 0 spiro atoms. The van der Waals surface area contributed by atoms with Crippen molar-refractivity contribution in [1.82, 2.24) is 9.88 Å². The number of likely N-dealkylation sites (tertiary alicyclic amines) is 1. The topological polar surface area (TPSA) is 110 Å². The molecule has 3 aliphatic rings. The molecular formula is C31H35N5O5. The van der Waals surface area contributed by atoms with Crippen LogP contribution in [-0.2, 0) is 11.3 Å². The van der Waals surface area contributed by atoms with Crippen LogP contribution >= 0.6 is 0 Å². The van der Waals surface area contributed by atoms with Crippen molar-refractivity contribution < 1.29 is 23.8 Å². The Bertz CT molecular complexity index is 1400. The average Bonchev–Trinajstić information content (AvgIpc) is 3.01. The number of nitrogens with zero attached hydrogens (tertiary/aromatic N) is 4. The van der Waals surface area contributed by atoms with E-state index >= 15 is 0 Å². The summed E-state index contributed by atoms with van der Waals surface area (Å²) < 4.78 is 17.3. The van der Waals surface area contributed by atoms with Gasteiger partial charge in [0.15, 0.2) is 0 Å². The minimum Gasteiger partial charge on any atom is -0.496 e. The van der Waals surface area contributed by atoms with Crippen molar-refractivity contribution in [2.75, 3.05) is 48.8 Å². The lowest BCUT2D eigenvalue weighted by Gasteiger charge is -2.40. The summed E-state index contributed by atoms with van der Waals surface area (Å²) in [6.07, 6.45) is 4.49. The van der Waals surface area contributed by atoms with E-state index in [4.69, 9.17) is 19.9 Å². The van der Waals surface area contributed by atoms with Crippen molar-refractivity contribution in [2.24, 2.45) is 0 Å². The number of cyclic esters (lactones) is 1. The fraction of sp³-hybridized carbons (Fsp3) is 0.387.